The van der Waals surface area contributed by atoms with Crippen molar-refractivity contribution in [1.82, 2.24) is 24.6 Å². The SMILES string of the molecule is CCc1nc2n(n1)C(=O)C(C(c1ccc(Br)cc1)N1CCN(CCO)CC1)S2. The Kier molecular flexibility index (Phi) is 6.17. The molecule has 150 valence electrons. The molecule has 1 fully saturated rings. The van der Waals surface area contributed by atoms with Crippen LogP contribution in [0.5, 0.6) is 0 Å². The van der Waals surface area contributed by atoms with Crippen LogP contribution in [0.4, 0.5) is 0 Å². The van der Waals surface area contributed by atoms with Gasteiger partial charge >= 0.3 is 0 Å². The van der Waals surface area contributed by atoms with Gasteiger partial charge in [-0.15, -0.1) is 5.10 Å². The van der Waals surface area contributed by atoms with E-state index in [1.54, 1.807) is 0 Å². The first-order valence-corrected chi connectivity index (χ1v) is 11.3. The maximum Gasteiger partial charge on any atom is 0.264 e. The zero-order chi connectivity index (χ0) is 19.7. The summed E-state index contributed by atoms with van der Waals surface area (Å²) in [4.78, 5) is 22.3. The van der Waals surface area contributed by atoms with Crippen LogP contribution in [0.1, 0.15) is 29.1 Å². The number of hydrogen-bond donors (Lipinski definition) is 1. The second-order valence-corrected chi connectivity index (χ2v) is 9.07. The summed E-state index contributed by atoms with van der Waals surface area (Å²) in [5.41, 5.74) is 1.13. The summed E-state index contributed by atoms with van der Waals surface area (Å²) in [5.74, 6) is 0.727. The number of aryl methyl sites for hydroxylation is 1. The van der Waals surface area contributed by atoms with Crippen LogP contribution in [0.3, 0.4) is 0 Å². The molecule has 9 heteroatoms. The number of halogens is 1. The van der Waals surface area contributed by atoms with Gasteiger partial charge in [-0.25, -0.2) is 4.98 Å². The number of aliphatic hydroxyl groups is 1. The van der Waals surface area contributed by atoms with Gasteiger partial charge in [-0.1, -0.05) is 46.7 Å². The van der Waals surface area contributed by atoms with E-state index < -0.39 is 0 Å². The molecule has 0 aliphatic carbocycles. The molecule has 0 saturated carbocycles. The van der Waals surface area contributed by atoms with Gasteiger partial charge in [0.15, 0.2) is 11.0 Å². The number of benzene rings is 1. The highest BCUT2D eigenvalue weighted by atomic mass is 79.9. The van der Waals surface area contributed by atoms with Crippen LogP contribution in [-0.2, 0) is 6.42 Å². The molecular weight excluding hydrogens is 442 g/mol. The topological polar surface area (TPSA) is 74.5 Å². The summed E-state index contributed by atoms with van der Waals surface area (Å²) in [6, 6.07) is 8.21. The molecule has 0 radical (unpaired) electrons. The summed E-state index contributed by atoms with van der Waals surface area (Å²) in [5, 5.41) is 14.0. The lowest BCUT2D eigenvalue weighted by atomic mass is 10.00. The Hall–Kier alpha value is -1.26. The van der Waals surface area contributed by atoms with Crippen molar-refractivity contribution in [2.45, 2.75) is 29.8 Å². The Morgan fingerprint density at radius 1 is 1.25 bits per heavy atom. The first kappa shape index (κ1) is 20.0. The molecule has 3 heterocycles. The number of rotatable bonds is 6. The van der Waals surface area contributed by atoms with Crippen LogP contribution in [0.15, 0.2) is 33.9 Å². The van der Waals surface area contributed by atoms with Gasteiger partial charge in [-0.2, -0.15) is 4.68 Å². The maximum absolute atomic E-state index is 13.2. The van der Waals surface area contributed by atoms with Gasteiger partial charge in [0.25, 0.3) is 5.91 Å². The molecule has 7 nitrogen and oxygen atoms in total. The molecular formula is C19H24BrN5O2S. The van der Waals surface area contributed by atoms with Crippen LogP contribution in [0, 0.1) is 0 Å². The molecule has 2 aliphatic heterocycles. The van der Waals surface area contributed by atoms with E-state index in [4.69, 9.17) is 0 Å². The third kappa shape index (κ3) is 3.91. The van der Waals surface area contributed by atoms with Crippen LogP contribution in [-0.4, -0.2) is 80.2 Å². The van der Waals surface area contributed by atoms with Crippen molar-refractivity contribution >= 4 is 33.6 Å². The fourth-order valence-electron chi connectivity index (χ4n) is 3.84. The molecule has 2 aromatic rings. The number of carbonyl (C=O) groups is 1. The quantitative estimate of drug-likeness (QED) is 0.699. The zero-order valence-electron chi connectivity index (χ0n) is 15.8. The third-order valence-corrected chi connectivity index (χ3v) is 7.05. The molecule has 4 rings (SSSR count). The van der Waals surface area contributed by atoms with Crippen molar-refractivity contribution in [3.63, 3.8) is 0 Å². The lowest BCUT2D eigenvalue weighted by Crippen LogP contribution is -2.50. The van der Waals surface area contributed by atoms with Gasteiger partial charge in [0, 0.05) is 43.6 Å². The summed E-state index contributed by atoms with van der Waals surface area (Å²) in [6.45, 7) is 6.38. The predicted molar refractivity (Wildman–Crippen MR) is 112 cm³/mol. The van der Waals surface area contributed by atoms with Crippen molar-refractivity contribution in [1.29, 1.82) is 0 Å². The average molecular weight is 466 g/mol. The molecule has 2 unspecified atom stereocenters. The summed E-state index contributed by atoms with van der Waals surface area (Å²) in [7, 11) is 0. The van der Waals surface area contributed by atoms with Gasteiger partial charge in [0.2, 0.25) is 0 Å². The molecule has 2 aliphatic rings. The highest BCUT2D eigenvalue weighted by Gasteiger charge is 2.43. The minimum Gasteiger partial charge on any atom is -0.395 e. The Morgan fingerprint density at radius 2 is 1.96 bits per heavy atom. The number of hydrogen-bond acceptors (Lipinski definition) is 7. The van der Waals surface area contributed by atoms with Gasteiger partial charge in [-0.05, 0) is 17.7 Å². The minimum absolute atomic E-state index is 0.0120. The van der Waals surface area contributed by atoms with Crippen LogP contribution in [0.2, 0.25) is 0 Å². The van der Waals surface area contributed by atoms with Crippen LogP contribution < -0.4 is 0 Å². The van der Waals surface area contributed by atoms with E-state index in [9.17, 15) is 9.90 Å². The number of aromatic nitrogens is 3. The maximum atomic E-state index is 13.2. The second-order valence-electron chi connectivity index (χ2n) is 7.05. The van der Waals surface area contributed by atoms with E-state index >= 15 is 0 Å². The van der Waals surface area contributed by atoms with E-state index in [0.717, 1.165) is 42.6 Å². The predicted octanol–water partition coefficient (Wildman–Crippen LogP) is 2.07. The van der Waals surface area contributed by atoms with E-state index in [1.165, 1.54) is 16.4 Å². The number of thioether (sulfide) groups is 1. The van der Waals surface area contributed by atoms with Gasteiger partial charge in [0.1, 0.15) is 5.25 Å². The molecule has 0 spiro atoms. The molecule has 1 N–H and O–H groups in total. The molecule has 2 atom stereocenters. The van der Waals surface area contributed by atoms with Crippen molar-refractivity contribution in [2.75, 3.05) is 39.3 Å². The molecule has 1 aromatic heterocycles. The lowest BCUT2D eigenvalue weighted by molar-refractivity contribution is 0.0688. The highest BCUT2D eigenvalue weighted by molar-refractivity contribution is 9.10. The summed E-state index contributed by atoms with van der Waals surface area (Å²) >= 11 is 5.03. The number of fused-ring (bicyclic) bond motifs is 1. The van der Waals surface area contributed by atoms with E-state index in [2.05, 4.69) is 47.9 Å². The number of β-amino-alcohol motifs (C(OH)–C–C–N with tert-alkyl or cyclic N) is 1. The monoisotopic (exact) mass is 465 g/mol. The van der Waals surface area contributed by atoms with Crippen molar-refractivity contribution in [3.05, 3.63) is 40.1 Å². The lowest BCUT2D eigenvalue weighted by Gasteiger charge is -2.40. The van der Waals surface area contributed by atoms with Crippen LogP contribution >= 0.6 is 27.7 Å². The number of aliphatic hydroxyl groups excluding tert-OH is 1. The van der Waals surface area contributed by atoms with Gasteiger partial charge < -0.3 is 5.11 Å². The molecule has 0 bridgehead atoms. The average Bonchev–Trinajstić information content (AvgIpc) is 3.24. The molecule has 28 heavy (non-hydrogen) atoms. The van der Waals surface area contributed by atoms with Crippen molar-refractivity contribution in [3.8, 4) is 0 Å². The van der Waals surface area contributed by atoms with E-state index in [-0.39, 0.29) is 23.8 Å². The largest absolute Gasteiger partial charge is 0.395 e. The summed E-state index contributed by atoms with van der Waals surface area (Å²) in [6.07, 6.45) is 0.724. The fraction of sp³-hybridized carbons (Fsp3) is 0.526. The Bertz CT molecular complexity index is 835. The normalized spacial score (nSPS) is 21.8. The molecule has 1 saturated heterocycles. The smallest absolute Gasteiger partial charge is 0.264 e. The minimum atomic E-state index is -0.258. The highest BCUT2D eigenvalue weighted by Crippen LogP contribution is 2.41. The van der Waals surface area contributed by atoms with Crippen molar-refractivity contribution in [2.24, 2.45) is 0 Å². The molecule has 1 aromatic carbocycles. The Balaban J connectivity index is 1.60. The van der Waals surface area contributed by atoms with Gasteiger partial charge in [-0.3, -0.25) is 14.6 Å². The van der Waals surface area contributed by atoms with E-state index in [0.29, 0.717) is 17.5 Å². The number of nitrogens with zero attached hydrogens (tertiary/aromatic N) is 5. The van der Waals surface area contributed by atoms with E-state index in [1.807, 2.05) is 19.1 Å². The Labute approximate surface area is 177 Å². The second kappa shape index (κ2) is 8.62. The van der Waals surface area contributed by atoms with Crippen LogP contribution in [0.25, 0.3) is 0 Å². The summed E-state index contributed by atoms with van der Waals surface area (Å²) < 4.78 is 2.51. The fourth-order valence-corrected chi connectivity index (χ4v) is 5.37. The Morgan fingerprint density at radius 3 is 2.57 bits per heavy atom. The van der Waals surface area contributed by atoms with Crippen molar-refractivity contribution < 1.29 is 9.90 Å². The third-order valence-electron chi connectivity index (χ3n) is 5.34. The number of piperazine rings is 1. The zero-order valence-corrected chi connectivity index (χ0v) is 18.2. The molecule has 0 amide bonds. The number of carbonyl (C=O) groups excluding carboxylic acids is 1. The standard InChI is InChI=1S/C19H24BrN5O2S/c1-2-15-21-19-25(22-15)18(27)17(28-19)16(13-3-5-14(20)6-4-13)24-9-7-23(8-10-24)11-12-26/h3-6,16-17,26H,2,7-12H2,1H3. The van der Waals surface area contributed by atoms with Gasteiger partial charge in [0.05, 0.1) is 12.6 Å². The first-order valence-electron chi connectivity index (χ1n) is 9.60. The first-order chi connectivity index (χ1) is 13.6.